The van der Waals surface area contributed by atoms with E-state index in [2.05, 4.69) is 0 Å². The van der Waals surface area contributed by atoms with E-state index in [1.807, 2.05) is 19.0 Å². The SMILES string of the molecule is CN(C)CCOCC[O-]. The highest BCUT2D eigenvalue weighted by atomic mass is 16.5. The van der Waals surface area contributed by atoms with Crippen molar-refractivity contribution in [2.24, 2.45) is 0 Å². The minimum atomic E-state index is -0.132. The van der Waals surface area contributed by atoms with Gasteiger partial charge in [-0.2, -0.15) is 0 Å². The molecule has 3 nitrogen and oxygen atoms in total. The lowest BCUT2D eigenvalue weighted by Crippen LogP contribution is -2.21. The zero-order chi connectivity index (χ0) is 7.11. The summed E-state index contributed by atoms with van der Waals surface area (Å²) in [5, 5.41) is 9.84. The van der Waals surface area contributed by atoms with Crippen LogP contribution in [-0.4, -0.2) is 45.4 Å². The van der Waals surface area contributed by atoms with Crippen LogP contribution in [0.3, 0.4) is 0 Å². The molecule has 0 spiro atoms. The molecule has 0 aliphatic heterocycles. The van der Waals surface area contributed by atoms with E-state index in [0.717, 1.165) is 6.54 Å². The lowest BCUT2D eigenvalue weighted by molar-refractivity contribution is -0.374. The Morgan fingerprint density at radius 1 is 1.33 bits per heavy atom. The monoisotopic (exact) mass is 132 g/mol. The van der Waals surface area contributed by atoms with Gasteiger partial charge in [0.2, 0.25) is 0 Å². The highest BCUT2D eigenvalue weighted by Crippen LogP contribution is 1.75. The van der Waals surface area contributed by atoms with Gasteiger partial charge in [-0.05, 0) is 14.1 Å². The maximum atomic E-state index is 9.84. The second-order valence-corrected chi connectivity index (χ2v) is 2.12. The van der Waals surface area contributed by atoms with Crippen molar-refractivity contribution in [3.63, 3.8) is 0 Å². The molecule has 0 amide bonds. The fourth-order valence-corrected chi connectivity index (χ4v) is 0.408. The second-order valence-electron chi connectivity index (χ2n) is 2.12. The normalized spacial score (nSPS) is 10.7. The largest absolute Gasteiger partial charge is 0.853 e. The summed E-state index contributed by atoms with van der Waals surface area (Å²) in [6.45, 7) is 1.76. The lowest BCUT2D eigenvalue weighted by atomic mass is 10.6. The van der Waals surface area contributed by atoms with Crippen molar-refractivity contribution < 1.29 is 9.84 Å². The minimum Gasteiger partial charge on any atom is -0.853 e. The summed E-state index contributed by atoms with van der Waals surface area (Å²) in [4.78, 5) is 2.02. The minimum absolute atomic E-state index is 0.132. The number of hydrogen-bond donors (Lipinski definition) is 0. The summed E-state index contributed by atoms with van der Waals surface area (Å²) in [7, 11) is 3.95. The van der Waals surface area contributed by atoms with Crippen LogP contribution in [0.2, 0.25) is 0 Å². The fraction of sp³-hybridized carbons (Fsp3) is 1.00. The van der Waals surface area contributed by atoms with Crippen LogP contribution in [0.1, 0.15) is 0 Å². The third-order valence-electron chi connectivity index (χ3n) is 0.911. The molecule has 0 atom stereocenters. The van der Waals surface area contributed by atoms with Gasteiger partial charge in [-0.1, -0.05) is 0 Å². The van der Waals surface area contributed by atoms with Crippen LogP contribution in [0, 0.1) is 0 Å². The third-order valence-corrected chi connectivity index (χ3v) is 0.911. The molecule has 0 rings (SSSR count). The number of ether oxygens (including phenoxy) is 1. The molecule has 0 aliphatic rings. The Balaban J connectivity index is 2.75. The number of nitrogens with zero attached hydrogens (tertiary/aromatic N) is 1. The maximum Gasteiger partial charge on any atom is 0.0592 e. The van der Waals surface area contributed by atoms with Crippen molar-refractivity contribution in [2.75, 3.05) is 40.5 Å². The molecule has 0 heterocycles. The molecule has 0 radical (unpaired) electrons. The fourth-order valence-electron chi connectivity index (χ4n) is 0.408. The Bertz CT molecular complexity index is 57.0. The molecular formula is C6H14NO2-. The molecule has 3 heteroatoms. The summed E-state index contributed by atoms with van der Waals surface area (Å²) in [5.74, 6) is 0. The van der Waals surface area contributed by atoms with Crippen molar-refractivity contribution in [3.8, 4) is 0 Å². The van der Waals surface area contributed by atoms with Crippen LogP contribution in [0.5, 0.6) is 0 Å². The number of rotatable bonds is 5. The van der Waals surface area contributed by atoms with Gasteiger partial charge in [-0.15, -0.1) is 6.61 Å². The molecule has 0 N–H and O–H groups in total. The maximum absolute atomic E-state index is 9.84. The Morgan fingerprint density at radius 3 is 2.44 bits per heavy atom. The molecule has 0 fully saturated rings. The average Bonchev–Trinajstić information content (AvgIpc) is 1.80. The predicted octanol–water partition coefficient (Wildman–Crippen LogP) is -1.08. The van der Waals surface area contributed by atoms with E-state index in [1.54, 1.807) is 0 Å². The summed E-state index contributed by atoms with van der Waals surface area (Å²) >= 11 is 0. The van der Waals surface area contributed by atoms with E-state index in [1.165, 1.54) is 0 Å². The van der Waals surface area contributed by atoms with Crippen LogP contribution in [0.4, 0.5) is 0 Å². The van der Waals surface area contributed by atoms with Crippen molar-refractivity contribution in [3.05, 3.63) is 0 Å². The average molecular weight is 132 g/mol. The predicted molar refractivity (Wildman–Crippen MR) is 34.2 cm³/mol. The van der Waals surface area contributed by atoms with Gasteiger partial charge in [0, 0.05) is 13.2 Å². The highest BCUT2D eigenvalue weighted by Gasteiger charge is 1.86. The molecule has 0 aromatic carbocycles. The Kier molecular flexibility index (Phi) is 5.93. The highest BCUT2D eigenvalue weighted by molar-refractivity contribution is 4.38. The lowest BCUT2D eigenvalue weighted by Gasteiger charge is -2.10. The van der Waals surface area contributed by atoms with Gasteiger partial charge in [-0.3, -0.25) is 0 Å². The first kappa shape index (κ1) is 8.88. The van der Waals surface area contributed by atoms with Crippen molar-refractivity contribution in [1.82, 2.24) is 4.90 Å². The Labute approximate surface area is 56.2 Å². The topological polar surface area (TPSA) is 35.5 Å². The van der Waals surface area contributed by atoms with Crippen LogP contribution < -0.4 is 5.11 Å². The summed E-state index contributed by atoms with van der Waals surface area (Å²) in [6, 6.07) is 0. The second kappa shape index (κ2) is 6.01. The Morgan fingerprint density at radius 2 is 2.00 bits per heavy atom. The first-order valence-electron chi connectivity index (χ1n) is 3.08. The van der Waals surface area contributed by atoms with Gasteiger partial charge in [0.25, 0.3) is 0 Å². The zero-order valence-electron chi connectivity index (χ0n) is 6.09. The van der Waals surface area contributed by atoms with Gasteiger partial charge < -0.3 is 14.7 Å². The molecule has 0 aliphatic carbocycles. The third kappa shape index (κ3) is 7.88. The van der Waals surface area contributed by atoms with Crippen LogP contribution >= 0.6 is 0 Å². The van der Waals surface area contributed by atoms with Crippen LogP contribution in [0.15, 0.2) is 0 Å². The molecular weight excluding hydrogens is 118 g/mol. The molecule has 0 bridgehead atoms. The van der Waals surface area contributed by atoms with E-state index >= 15 is 0 Å². The molecule has 0 saturated carbocycles. The molecule has 0 aromatic heterocycles. The first-order chi connectivity index (χ1) is 4.27. The van der Waals surface area contributed by atoms with E-state index in [4.69, 9.17) is 4.74 Å². The molecule has 56 valence electrons. The van der Waals surface area contributed by atoms with Crippen molar-refractivity contribution >= 4 is 0 Å². The van der Waals surface area contributed by atoms with Crippen LogP contribution in [0.25, 0.3) is 0 Å². The summed E-state index contributed by atoms with van der Waals surface area (Å²) in [5.41, 5.74) is 0. The number of hydrogen-bond acceptors (Lipinski definition) is 3. The number of likely N-dealkylation sites (N-methyl/N-ethyl adjacent to an activating group) is 1. The van der Waals surface area contributed by atoms with Gasteiger partial charge in [0.1, 0.15) is 0 Å². The smallest absolute Gasteiger partial charge is 0.0592 e. The first-order valence-corrected chi connectivity index (χ1v) is 3.08. The molecule has 0 aromatic rings. The molecule has 9 heavy (non-hydrogen) atoms. The van der Waals surface area contributed by atoms with Gasteiger partial charge in [-0.25, -0.2) is 0 Å². The van der Waals surface area contributed by atoms with Crippen molar-refractivity contribution in [1.29, 1.82) is 0 Å². The van der Waals surface area contributed by atoms with Gasteiger partial charge >= 0.3 is 0 Å². The summed E-state index contributed by atoms with van der Waals surface area (Å²) < 4.78 is 4.94. The quantitative estimate of drug-likeness (QED) is 0.447. The van der Waals surface area contributed by atoms with E-state index in [0.29, 0.717) is 13.2 Å². The van der Waals surface area contributed by atoms with Gasteiger partial charge in [0.15, 0.2) is 0 Å². The molecule has 0 unspecified atom stereocenters. The van der Waals surface area contributed by atoms with E-state index in [9.17, 15) is 5.11 Å². The zero-order valence-corrected chi connectivity index (χ0v) is 6.09. The standard InChI is InChI=1S/C6H14NO2/c1-7(2)3-5-9-6-4-8/h3-6H2,1-2H3/q-1. The summed E-state index contributed by atoms with van der Waals surface area (Å²) in [6.07, 6.45) is 0. The van der Waals surface area contributed by atoms with Gasteiger partial charge in [0.05, 0.1) is 6.61 Å². The Hall–Kier alpha value is -0.120. The molecule has 0 saturated heterocycles. The van der Waals surface area contributed by atoms with Crippen LogP contribution in [-0.2, 0) is 4.74 Å². The van der Waals surface area contributed by atoms with E-state index in [-0.39, 0.29) is 6.61 Å². The van der Waals surface area contributed by atoms with E-state index < -0.39 is 0 Å². The van der Waals surface area contributed by atoms with Crippen molar-refractivity contribution in [2.45, 2.75) is 0 Å².